The largest absolute Gasteiger partial charge is 0.432 e. The Hall–Kier alpha value is -3.53. The maximum absolute atomic E-state index is 12.1. The number of hydrogen-bond donors (Lipinski definition) is 2. The third-order valence-corrected chi connectivity index (χ3v) is 6.41. The van der Waals surface area contributed by atoms with Crippen LogP contribution in [0.3, 0.4) is 0 Å². The van der Waals surface area contributed by atoms with Crippen LogP contribution in [0.2, 0.25) is 0 Å². The highest BCUT2D eigenvalue weighted by Gasteiger charge is 2.32. The van der Waals surface area contributed by atoms with Gasteiger partial charge in [-0.05, 0) is 68.1 Å². The lowest BCUT2D eigenvalue weighted by atomic mass is 10.0. The Morgan fingerprint density at radius 1 is 0.973 bits per heavy atom. The van der Waals surface area contributed by atoms with E-state index in [4.69, 9.17) is 4.84 Å². The normalized spacial score (nSPS) is 13.4. The highest BCUT2D eigenvalue weighted by molar-refractivity contribution is 6.01. The molecular formula is C27H37N5O5. The average molecular weight is 512 g/mol. The third kappa shape index (κ3) is 8.82. The minimum absolute atomic E-state index is 0.0667. The standard InChI is InChI=1S/C27H37N5O5/c1-3-31(4-2)16-15-28-24(33)9-5-7-21-18-22-17-20(10-11-23(22)30-19-21)8-6-14-29-27(36)37-32-25(34)12-13-26(32)35/h10-11,17-19H,3-9,12-16H2,1-2H3,(H,28,33)(H,29,36). The fourth-order valence-corrected chi connectivity index (χ4v) is 4.21. The maximum Gasteiger partial charge on any atom is 0.432 e. The van der Waals surface area contributed by atoms with Gasteiger partial charge in [0.25, 0.3) is 11.8 Å². The summed E-state index contributed by atoms with van der Waals surface area (Å²) in [5, 5.41) is 7.13. The van der Waals surface area contributed by atoms with E-state index in [1.807, 2.05) is 18.3 Å². The molecule has 1 saturated heterocycles. The van der Waals surface area contributed by atoms with Crippen LogP contribution < -0.4 is 10.6 Å². The van der Waals surface area contributed by atoms with Gasteiger partial charge < -0.3 is 20.4 Å². The molecule has 10 nitrogen and oxygen atoms in total. The van der Waals surface area contributed by atoms with E-state index in [0.717, 1.165) is 60.9 Å². The highest BCUT2D eigenvalue weighted by atomic mass is 16.7. The number of hydroxylamine groups is 2. The fraction of sp³-hybridized carbons (Fsp3) is 0.519. The number of nitrogens with one attached hydrogen (secondary N) is 2. The molecule has 0 radical (unpaired) electrons. The van der Waals surface area contributed by atoms with E-state index in [0.29, 0.717) is 31.0 Å². The molecule has 0 unspecified atom stereocenters. The second kappa shape index (κ2) is 14.3. The number of carbonyl (C=O) groups excluding carboxylic acids is 4. The average Bonchev–Trinajstić information content (AvgIpc) is 3.21. The van der Waals surface area contributed by atoms with E-state index < -0.39 is 17.9 Å². The van der Waals surface area contributed by atoms with Gasteiger partial charge in [0, 0.05) is 50.5 Å². The molecule has 4 amide bonds. The zero-order valence-electron chi connectivity index (χ0n) is 21.8. The van der Waals surface area contributed by atoms with Gasteiger partial charge >= 0.3 is 6.09 Å². The summed E-state index contributed by atoms with van der Waals surface area (Å²) >= 11 is 0. The Morgan fingerprint density at radius 2 is 1.68 bits per heavy atom. The van der Waals surface area contributed by atoms with Gasteiger partial charge in [-0.1, -0.05) is 19.9 Å². The van der Waals surface area contributed by atoms with Crippen molar-refractivity contribution in [2.75, 3.05) is 32.7 Å². The zero-order valence-corrected chi connectivity index (χ0v) is 21.8. The van der Waals surface area contributed by atoms with E-state index in [-0.39, 0.29) is 18.7 Å². The molecule has 0 atom stereocenters. The van der Waals surface area contributed by atoms with Crippen molar-refractivity contribution < 1.29 is 24.0 Å². The summed E-state index contributed by atoms with van der Waals surface area (Å²) in [5.74, 6) is -0.920. The van der Waals surface area contributed by atoms with Crippen molar-refractivity contribution in [2.45, 2.75) is 58.8 Å². The van der Waals surface area contributed by atoms with Crippen LogP contribution in [0.1, 0.15) is 57.1 Å². The van der Waals surface area contributed by atoms with Crippen molar-refractivity contribution in [3.8, 4) is 0 Å². The molecule has 0 aliphatic carbocycles. The molecule has 1 aliphatic heterocycles. The molecule has 10 heteroatoms. The van der Waals surface area contributed by atoms with Crippen molar-refractivity contribution in [2.24, 2.45) is 0 Å². The molecule has 200 valence electrons. The number of rotatable bonds is 14. The van der Waals surface area contributed by atoms with Gasteiger partial charge in [0.05, 0.1) is 5.52 Å². The van der Waals surface area contributed by atoms with Crippen LogP contribution in [0.15, 0.2) is 30.5 Å². The molecule has 1 aromatic heterocycles. The van der Waals surface area contributed by atoms with Crippen molar-refractivity contribution in [1.82, 2.24) is 25.6 Å². The van der Waals surface area contributed by atoms with E-state index in [1.54, 1.807) is 0 Å². The summed E-state index contributed by atoms with van der Waals surface area (Å²) in [4.78, 5) is 58.6. The van der Waals surface area contributed by atoms with E-state index >= 15 is 0 Å². The smallest absolute Gasteiger partial charge is 0.355 e. The number of benzene rings is 1. The highest BCUT2D eigenvalue weighted by Crippen LogP contribution is 2.18. The Labute approximate surface area is 217 Å². The first-order valence-electron chi connectivity index (χ1n) is 13.1. The van der Waals surface area contributed by atoms with Gasteiger partial charge in [0.2, 0.25) is 5.91 Å². The lowest BCUT2D eigenvalue weighted by Gasteiger charge is -2.17. The number of amides is 4. The molecule has 37 heavy (non-hydrogen) atoms. The van der Waals surface area contributed by atoms with Crippen molar-refractivity contribution >= 4 is 34.7 Å². The number of nitrogens with zero attached hydrogens (tertiary/aromatic N) is 3. The van der Waals surface area contributed by atoms with Crippen LogP contribution in [0.25, 0.3) is 10.9 Å². The first kappa shape index (κ1) is 28.0. The Balaban J connectivity index is 1.39. The molecule has 0 spiro atoms. The Bertz CT molecular complexity index is 1090. The zero-order chi connectivity index (χ0) is 26.6. The number of likely N-dealkylation sites (N-methyl/N-ethyl adjacent to an activating group) is 1. The minimum Gasteiger partial charge on any atom is -0.355 e. The van der Waals surface area contributed by atoms with Crippen LogP contribution in [-0.2, 0) is 32.1 Å². The first-order valence-corrected chi connectivity index (χ1v) is 13.1. The van der Waals surface area contributed by atoms with Gasteiger partial charge in [-0.15, -0.1) is 5.06 Å². The molecule has 1 aliphatic rings. The number of hydrogen-bond acceptors (Lipinski definition) is 7. The predicted octanol–water partition coefficient (Wildman–Crippen LogP) is 2.74. The van der Waals surface area contributed by atoms with E-state index in [2.05, 4.69) is 46.5 Å². The molecule has 2 heterocycles. The van der Waals surface area contributed by atoms with Crippen LogP contribution in [0.4, 0.5) is 4.79 Å². The van der Waals surface area contributed by atoms with E-state index in [9.17, 15) is 19.2 Å². The van der Waals surface area contributed by atoms with Crippen LogP contribution in [0.5, 0.6) is 0 Å². The molecule has 1 aromatic carbocycles. The number of fused-ring (bicyclic) bond motifs is 1. The SMILES string of the molecule is CCN(CC)CCNC(=O)CCCc1cnc2ccc(CCCNC(=O)ON3C(=O)CCC3=O)cc2c1. The van der Waals surface area contributed by atoms with Gasteiger partial charge in [-0.2, -0.15) is 0 Å². The molecule has 0 bridgehead atoms. The predicted molar refractivity (Wildman–Crippen MR) is 139 cm³/mol. The summed E-state index contributed by atoms with van der Waals surface area (Å²) in [6.07, 6.45) is 4.62. The number of aromatic nitrogens is 1. The Kier molecular flexibility index (Phi) is 10.8. The quantitative estimate of drug-likeness (QED) is 0.295. The van der Waals surface area contributed by atoms with Crippen molar-refractivity contribution in [3.63, 3.8) is 0 Å². The van der Waals surface area contributed by atoms with Gasteiger partial charge in [-0.25, -0.2) is 4.79 Å². The second-order valence-electron chi connectivity index (χ2n) is 9.09. The fourth-order valence-electron chi connectivity index (χ4n) is 4.21. The van der Waals surface area contributed by atoms with Crippen molar-refractivity contribution in [3.05, 3.63) is 41.6 Å². The third-order valence-electron chi connectivity index (χ3n) is 6.41. The summed E-state index contributed by atoms with van der Waals surface area (Å²) in [6.45, 7) is 8.11. The molecule has 3 rings (SSSR count). The monoisotopic (exact) mass is 511 g/mol. The lowest BCUT2D eigenvalue weighted by Crippen LogP contribution is -2.37. The number of carbonyl (C=O) groups is 4. The van der Waals surface area contributed by atoms with Gasteiger partial charge in [0.15, 0.2) is 0 Å². The van der Waals surface area contributed by atoms with Gasteiger partial charge in [-0.3, -0.25) is 19.4 Å². The first-order chi connectivity index (χ1) is 17.9. The molecular weight excluding hydrogens is 474 g/mol. The second-order valence-corrected chi connectivity index (χ2v) is 9.09. The number of pyridine rings is 1. The van der Waals surface area contributed by atoms with Gasteiger partial charge in [0.1, 0.15) is 0 Å². The van der Waals surface area contributed by atoms with Crippen LogP contribution in [-0.4, -0.2) is 71.5 Å². The van der Waals surface area contributed by atoms with Crippen molar-refractivity contribution in [1.29, 1.82) is 0 Å². The summed E-state index contributed by atoms with van der Waals surface area (Å²) < 4.78 is 0. The lowest BCUT2D eigenvalue weighted by molar-refractivity contribution is -0.171. The summed E-state index contributed by atoms with van der Waals surface area (Å²) in [7, 11) is 0. The molecule has 2 aromatic rings. The topological polar surface area (TPSA) is 121 Å². The van der Waals surface area contributed by atoms with Crippen LogP contribution in [0, 0.1) is 0 Å². The number of aryl methyl sites for hydroxylation is 2. The van der Waals surface area contributed by atoms with Crippen LogP contribution >= 0.6 is 0 Å². The summed E-state index contributed by atoms with van der Waals surface area (Å²) in [5.41, 5.74) is 3.11. The molecule has 0 saturated carbocycles. The molecule has 2 N–H and O–H groups in total. The number of imide groups is 1. The maximum atomic E-state index is 12.1. The minimum atomic E-state index is -0.812. The molecule has 1 fully saturated rings. The Morgan fingerprint density at radius 3 is 2.41 bits per heavy atom. The summed E-state index contributed by atoms with van der Waals surface area (Å²) in [6, 6.07) is 8.19. The van der Waals surface area contributed by atoms with E-state index in [1.165, 1.54) is 0 Å².